The fourth-order valence-corrected chi connectivity index (χ4v) is 2.60. The third-order valence-electron chi connectivity index (χ3n) is 3.53. The molecule has 0 spiro atoms. The molecule has 2 fully saturated rings. The summed E-state index contributed by atoms with van der Waals surface area (Å²) in [6.07, 6.45) is 1.22. The van der Waals surface area contributed by atoms with Crippen molar-refractivity contribution in [3.63, 3.8) is 0 Å². The van der Waals surface area contributed by atoms with Crippen LogP contribution in [0.3, 0.4) is 0 Å². The molecule has 0 radical (unpaired) electrons. The smallest absolute Gasteiger partial charge is 0.230 e. The molecule has 5 nitrogen and oxygen atoms in total. The normalized spacial score (nSPS) is 26.2. The second-order valence-electron chi connectivity index (χ2n) is 4.94. The van der Waals surface area contributed by atoms with E-state index in [4.69, 9.17) is 4.74 Å². The van der Waals surface area contributed by atoms with E-state index in [1.807, 2.05) is 0 Å². The Labute approximate surface area is 102 Å². The van der Waals surface area contributed by atoms with Gasteiger partial charge >= 0.3 is 0 Å². The van der Waals surface area contributed by atoms with Crippen LogP contribution in [0.2, 0.25) is 0 Å². The van der Waals surface area contributed by atoms with Crippen molar-refractivity contribution in [3.8, 4) is 0 Å². The summed E-state index contributed by atoms with van der Waals surface area (Å²) in [7, 11) is 1.71. The molecule has 1 amide bonds. The molecular formula is C12H20N2O3. The Bertz CT molecular complexity index is 306. The van der Waals surface area contributed by atoms with E-state index in [1.165, 1.54) is 0 Å². The highest BCUT2D eigenvalue weighted by molar-refractivity contribution is 6.05. The molecule has 2 aliphatic rings. The molecule has 2 heterocycles. The Morgan fingerprint density at radius 2 is 2.24 bits per heavy atom. The minimum atomic E-state index is 0.00495. The fraction of sp³-hybridized carbons (Fsp3) is 0.833. The Hall–Kier alpha value is -0.940. The lowest BCUT2D eigenvalue weighted by molar-refractivity contribution is -0.128. The van der Waals surface area contributed by atoms with Crippen molar-refractivity contribution in [2.45, 2.75) is 12.8 Å². The van der Waals surface area contributed by atoms with Crippen LogP contribution in [0.1, 0.15) is 12.8 Å². The van der Waals surface area contributed by atoms with E-state index in [0.29, 0.717) is 12.5 Å². The number of ether oxygens (including phenoxy) is 1. The van der Waals surface area contributed by atoms with Crippen molar-refractivity contribution in [1.82, 2.24) is 9.80 Å². The van der Waals surface area contributed by atoms with Gasteiger partial charge in [0.05, 0.1) is 19.6 Å². The van der Waals surface area contributed by atoms with E-state index in [0.717, 1.165) is 39.2 Å². The summed E-state index contributed by atoms with van der Waals surface area (Å²) in [4.78, 5) is 26.7. The lowest BCUT2D eigenvalue weighted by atomic mass is 10.1. The molecule has 2 rings (SSSR count). The highest BCUT2D eigenvalue weighted by atomic mass is 16.5. The van der Waals surface area contributed by atoms with Crippen molar-refractivity contribution >= 4 is 11.7 Å². The van der Waals surface area contributed by atoms with Gasteiger partial charge in [0.25, 0.3) is 0 Å². The maximum absolute atomic E-state index is 11.5. The second-order valence-corrected chi connectivity index (χ2v) is 4.94. The Morgan fingerprint density at radius 3 is 2.88 bits per heavy atom. The predicted molar refractivity (Wildman–Crippen MR) is 62.6 cm³/mol. The van der Waals surface area contributed by atoms with Crippen molar-refractivity contribution in [2.24, 2.45) is 5.92 Å². The van der Waals surface area contributed by atoms with Gasteiger partial charge in [0.1, 0.15) is 0 Å². The maximum atomic E-state index is 11.5. The molecule has 17 heavy (non-hydrogen) atoms. The lowest BCUT2D eigenvalue weighted by Gasteiger charge is -2.20. The zero-order chi connectivity index (χ0) is 12.3. The standard InChI is InChI=1S/C12H20N2O3/c1-17-5-4-13-3-2-10(7-13)8-14-9-11(15)6-12(14)16/h10H,2-9H2,1H3. The highest BCUT2D eigenvalue weighted by Gasteiger charge is 2.31. The number of methoxy groups -OCH3 is 1. The number of likely N-dealkylation sites (tertiary alicyclic amines) is 2. The minimum Gasteiger partial charge on any atom is -0.383 e. The van der Waals surface area contributed by atoms with Gasteiger partial charge in [0.2, 0.25) is 5.91 Å². The van der Waals surface area contributed by atoms with Gasteiger partial charge in [-0.3, -0.25) is 9.59 Å². The van der Waals surface area contributed by atoms with Gasteiger partial charge in [0, 0.05) is 26.7 Å². The van der Waals surface area contributed by atoms with Crippen molar-refractivity contribution in [2.75, 3.05) is 46.4 Å². The van der Waals surface area contributed by atoms with Crippen LogP contribution in [0.15, 0.2) is 0 Å². The number of hydrogen-bond donors (Lipinski definition) is 0. The van der Waals surface area contributed by atoms with Gasteiger partial charge in [0.15, 0.2) is 5.78 Å². The number of hydrogen-bond acceptors (Lipinski definition) is 4. The van der Waals surface area contributed by atoms with Crippen molar-refractivity contribution < 1.29 is 14.3 Å². The summed E-state index contributed by atoms with van der Waals surface area (Å²) in [5.41, 5.74) is 0. The van der Waals surface area contributed by atoms with Gasteiger partial charge in [-0.1, -0.05) is 0 Å². The topological polar surface area (TPSA) is 49.9 Å². The molecule has 0 N–H and O–H groups in total. The molecule has 96 valence electrons. The zero-order valence-electron chi connectivity index (χ0n) is 10.4. The largest absolute Gasteiger partial charge is 0.383 e. The third-order valence-corrected chi connectivity index (χ3v) is 3.53. The molecule has 0 aromatic rings. The number of carbonyl (C=O) groups is 2. The summed E-state index contributed by atoms with van der Waals surface area (Å²) in [5.74, 6) is 0.580. The number of carbonyl (C=O) groups excluding carboxylic acids is 2. The average Bonchev–Trinajstić information content (AvgIpc) is 2.84. The summed E-state index contributed by atoms with van der Waals surface area (Å²) in [6.45, 7) is 4.88. The van der Waals surface area contributed by atoms with Crippen LogP contribution in [0.5, 0.6) is 0 Å². The Balaban J connectivity index is 1.74. The molecule has 0 aliphatic carbocycles. The van der Waals surface area contributed by atoms with Gasteiger partial charge in [-0.05, 0) is 18.9 Å². The van der Waals surface area contributed by atoms with Crippen molar-refractivity contribution in [3.05, 3.63) is 0 Å². The Kier molecular flexibility index (Phi) is 4.12. The van der Waals surface area contributed by atoms with E-state index in [2.05, 4.69) is 4.90 Å². The SMILES string of the molecule is COCCN1CCC(CN2CC(=O)CC2=O)C1. The van der Waals surface area contributed by atoms with Crippen LogP contribution >= 0.6 is 0 Å². The van der Waals surface area contributed by atoms with Gasteiger partial charge in [-0.2, -0.15) is 0 Å². The van der Waals surface area contributed by atoms with E-state index < -0.39 is 0 Å². The van der Waals surface area contributed by atoms with E-state index in [1.54, 1.807) is 12.0 Å². The molecule has 1 atom stereocenters. The molecule has 1 unspecified atom stereocenters. The van der Waals surface area contributed by atoms with E-state index in [9.17, 15) is 9.59 Å². The van der Waals surface area contributed by atoms with Gasteiger partial charge in [-0.25, -0.2) is 0 Å². The van der Waals surface area contributed by atoms with Crippen LogP contribution < -0.4 is 0 Å². The first-order chi connectivity index (χ1) is 8.19. The van der Waals surface area contributed by atoms with Crippen LogP contribution in [0.25, 0.3) is 0 Å². The summed E-state index contributed by atoms with van der Waals surface area (Å²) >= 11 is 0. The van der Waals surface area contributed by atoms with E-state index >= 15 is 0 Å². The van der Waals surface area contributed by atoms with Crippen LogP contribution in [0.4, 0.5) is 0 Å². The molecular weight excluding hydrogens is 220 g/mol. The lowest BCUT2D eigenvalue weighted by Crippen LogP contribution is -2.33. The molecule has 0 aromatic carbocycles. The van der Waals surface area contributed by atoms with Crippen LogP contribution in [-0.2, 0) is 14.3 Å². The van der Waals surface area contributed by atoms with Crippen LogP contribution in [0, 0.1) is 5.92 Å². The van der Waals surface area contributed by atoms with Crippen molar-refractivity contribution in [1.29, 1.82) is 0 Å². The third kappa shape index (κ3) is 3.26. The maximum Gasteiger partial charge on any atom is 0.230 e. The first kappa shape index (κ1) is 12.5. The van der Waals surface area contributed by atoms with E-state index in [-0.39, 0.29) is 18.1 Å². The number of rotatable bonds is 5. The molecule has 0 saturated carbocycles. The number of amides is 1. The number of nitrogens with zero attached hydrogens (tertiary/aromatic N) is 2. The quantitative estimate of drug-likeness (QED) is 0.622. The molecule has 5 heteroatoms. The summed E-state index contributed by atoms with van der Waals surface area (Å²) in [6, 6.07) is 0. The fourth-order valence-electron chi connectivity index (χ4n) is 2.60. The first-order valence-corrected chi connectivity index (χ1v) is 6.20. The molecule has 0 aromatic heterocycles. The molecule has 2 saturated heterocycles. The minimum absolute atomic E-state index is 0.00495. The Morgan fingerprint density at radius 1 is 1.41 bits per heavy atom. The van der Waals surface area contributed by atoms with Gasteiger partial charge < -0.3 is 14.5 Å². The number of ketones is 1. The average molecular weight is 240 g/mol. The summed E-state index contributed by atoms with van der Waals surface area (Å²) < 4.78 is 5.05. The predicted octanol–water partition coefficient (Wildman–Crippen LogP) is -0.244. The first-order valence-electron chi connectivity index (χ1n) is 6.20. The highest BCUT2D eigenvalue weighted by Crippen LogP contribution is 2.19. The number of Topliss-reactive ketones (excluding diaryl/α,β-unsaturated/α-hetero) is 1. The zero-order valence-corrected chi connectivity index (χ0v) is 10.4. The molecule has 0 bridgehead atoms. The van der Waals surface area contributed by atoms with Gasteiger partial charge in [-0.15, -0.1) is 0 Å². The second kappa shape index (κ2) is 5.60. The monoisotopic (exact) mass is 240 g/mol. The van der Waals surface area contributed by atoms with Crippen LogP contribution in [-0.4, -0.2) is 67.9 Å². The summed E-state index contributed by atoms with van der Waals surface area (Å²) in [5, 5.41) is 0. The molecule has 2 aliphatic heterocycles.